The Labute approximate surface area is 213 Å². The lowest BCUT2D eigenvalue weighted by Gasteiger charge is -2.30. The number of nitrogens with one attached hydrogen (secondary N) is 3. The highest BCUT2D eigenvalue weighted by atomic mass is 16.5. The summed E-state index contributed by atoms with van der Waals surface area (Å²) in [6.45, 7) is 7.17. The molecule has 3 rings (SSSR count). The Morgan fingerprint density at radius 3 is 2.44 bits per heavy atom. The second kappa shape index (κ2) is 13.4. The fraction of sp³-hybridized carbons (Fsp3) is 0.630. The van der Waals surface area contributed by atoms with Crippen LogP contribution in [0.15, 0.2) is 30.3 Å². The van der Waals surface area contributed by atoms with Gasteiger partial charge >= 0.3 is 5.97 Å². The van der Waals surface area contributed by atoms with Crippen molar-refractivity contribution >= 4 is 23.7 Å². The lowest BCUT2D eigenvalue weighted by Crippen LogP contribution is -2.58. The second-order valence-electron chi connectivity index (χ2n) is 10.0. The molecule has 9 heteroatoms. The van der Waals surface area contributed by atoms with Crippen LogP contribution in [0, 0.1) is 5.92 Å². The van der Waals surface area contributed by atoms with Crippen molar-refractivity contribution in [1.82, 2.24) is 20.9 Å². The normalized spacial score (nSPS) is 21.2. The minimum Gasteiger partial charge on any atom is -0.464 e. The third-order valence-electron chi connectivity index (χ3n) is 6.71. The summed E-state index contributed by atoms with van der Waals surface area (Å²) in [6, 6.07) is 6.88. The van der Waals surface area contributed by atoms with E-state index in [1.54, 1.807) is 6.92 Å². The van der Waals surface area contributed by atoms with E-state index in [1.165, 1.54) is 4.90 Å². The monoisotopic (exact) mass is 500 g/mol. The standard InChI is InChI=1S/C27H40N4O5/c1-4-36-27(35)23-13-9-15-31(23)26(34)22(17-19-10-6-5-7-11-19)30-25(33)21(16-18(2)3)29-24(32)20-12-8-14-28-20/h5-7,10-11,18,20-23,28H,4,8-9,12-17H2,1-3H3,(H,29,32)(H,30,33)/t20-,21-,22-,23-/m0/s1. The molecule has 2 fully saturated rings. The SMILES string of the molecule is CCOC(=O)[C@@H]1CCCN1C(=O)[C@H](Cc1ccccc1)NC(=O)[C@H](CC(C)C)NC(=O)[C@@H]1CCCN1. The van der Waals surface area contributed by atoms with E-state index >= 15 is 0 Å². The molecule has 2 aliphatic heterocycles. The van der Waals surface area contributed by atoms with E-state index in [1.807, 2.05) is 44.2 Å². The minimum absolute atomic E-state index is 0.160. The number of ether oxygens (including phenoxy) is 1. The maximum atomic E-state index is 13.7. The smallest absolute Gasteiger partial charge is 0.328 e. The number of amides is 3. The van der Waals surface area contributed by atoms with E-state index in [0.29, 0.717) is 25.8 Å². The highest BCUT2D eigenvalue weighted by Gasteiger charge is 2.39. The molecule has 0 spiro atoms. The van der Waals surface area contributed by atoms with Crippen molar-refractivity contribution in [3.63, 3.8) is 0 Å². The maximum Gasteiger partial charge on any atom is 0.328 e. The Morgan fingerprint density at radius 2 is 1.81 bits per heavy atom. The Bertz CT molecular complexity index is 901. The molecule has 0 unspecified atom stereocenters. The molecule has 3 amide bonds. The second-order valence-corrected chi connectivity index (χ2v) is 10.0. The predicted octanol–water partition coefficient (Wildman–Crippen LogP) is 1.55. The molecule has 1 aromatic carbocycles. The van der Waals surface area contributed by atoms with Gasteiger partial charge in [0.1, 0.15) is 18.1 Å². The summed E-state index contributed by atoms with van der Waals surface area (Å²) in [7, 11) is 0. The van der Waals surface area contributed by atoms with Crippen LogP contribution in [0.3, 0.4) is 0 Å². The number of hydrogen-bond acceptors (Lipinski definition) is 6. The minimum atomic E-state index is -0.869. The van der Waals surface area contributed by atoms with Gasteiger partial charge in [-0.25, -0.2) is 4.79 Å². The topological polar surface area (TPSA) is 117 Å². The number of likely N-dealkylation sites (tertiary alicyclic amines) is 1. The third kappa shape index (κ3) is 7.53. The Balaban J connectivity index is 1.78. The largest absolute Gasteiger partial charge is 0.464 e. The molecule has 0 aliphatic carbocycles. The van der Waals surface area contributed by atoms with Gasteiger partial charge in [-0.2, -0.15) is 0 Å². The molecule has 0 bridgehead atoms. The Hall–Kier alpha value is -2.94. The molecule has 0 aromatic heterocycles. The number of rotatable bonds is 11. The quantitative estimate of drug-likeness (QED) is 0.397. The van der Waals surface area contributed by atoms with Crippen molar-refractivity contribution in [3.8, 4) is 0 Å². The molecule has 36 heavy (non-hydrogen) atoms. The van der Waals surface area contributed by atoms with Gasteiger partial charge in [0.15, 0.2) is 0 Å². The highest BCUT2D eigenvalue weighted by Crippen LogP contribution is 2.21. The summed E-state index contributed by atoms with van der Waals surface area (Å²) in [5.41, 5.74) is 0.891. The number of hydrogen-bond donors (Lipinski definition) is 3. The van der Waals surface area contributed by atoms with Crippen LogP contribution in [0.2, 0.25) is 0 Å². The van der Waals surface area contributed by atoms with E-state index in [2.05, 4.69) is 16.0 Å². The third-order valence-corrected chi connectivity index (χ3v) is 6.71. The van der Waals surface area contributed by atoms with E-state index in [-0.39, 0.29) is 36.8 Å². The summed E-state index contributed by atoms with van der Waals surface area (Å²) in [5.74, 6) is -1.15. The Kier molecular flexibility index (Phi) is 10.3. The number of esters is 1. The van der Waals surface area contributed by atoms with Gasteiger partial charge in [-0.05, 0) is 57.1 Å². The maximum absolute atomic E-state index is 13.7. The van der Waals surface area contributed by atoms with Crippen molar-refractivity contribution < 1.29 is 23.9 Å². The fourth-order valence-corrected chi connectivity index (χ4v) is 4.92. The summed E-state index contributed by atoms with van der Waals surface area (Å²) in [4.78, 5) is 53.9. The molecule has 2 aliphatic rings. The van der Waals surface area contributed by atoms with Gasteiger partial charge in [-0.3, -0.25) is 14.4 Å². The van der Waals surface area contributed by atoms with Crippen LogP contribution in [-0.2, 0) is 30.3 Å². The molecule has 0 saturated carbocycles. The Morgan fingerprint density at radius 1 is 1.06 bits per heavy atom. The molecule has 2 heterocycles. The molecule has 1 aromatic rings. The van der Waals surface area contributed by atoms with Gasteiger partial charge in [0, 0.05) is 13.0 Å². The van der Waals surface area contributed by atoms with Gasteiger partial charge < -0.3 is 25.6 Å². The number of nitrogens with zero attached hydrogens (tertiary/aromatic N) is 1. The van der Waals surface area contributed by atoms with Crippen LogP contribution in [0.5, 0.6) is 0 Å². The first-order valence-electron chi connectivity index (χ1n) is 13.1. The van der Waals surface area contributed by atoms with Crippen LogP contribution >= 0.6 is 0 Å². The van der Waals surface area contributed by atoms with Crippen molar-refractivity contribution in [2.45, 2.75) is 83.5 Å². The van der Waals surface area contributed by atoms with Crippen LogP contribution in [0.1, 0.15) is 58.4 Å². The molecule has 2 saturated heterocycles. The number of benzene rings is 1. The van der Waals surface area contributed by atoms with Crippen molar-refractivity contribution in [2.75, 3.05) is 19.7 Å². The summed E-state index contributed by atoms with van der Waals surface area (Å²) < 4.78 is 5.19. The zero-order valence-corrected chi connectivity index (χ0v) is 21.6. The first-order valence-corrected chi connectivity index (χ1v) is 13.1. The van der Waals surface area contributed by atoms with Gasteiger partial charge in [-0.15, -0.1) is 0 Å². The first kappa shape index (κ1) is 27.6. The van der Waals surface area contributed by atoms with Gasteiger partial charge in [0.05, 0.1) is 12.6 Å². The van der Waals surface area contributed by atoms with E-state index in [0.717, 1.165) is 24.9 Å². The molecule has 4 atom stereocenters. The summed E-state index contributed by atoms with van der Waals surface area (Å²) in [6.07, 6.45) is 3.62. The molecule has 3 N–H and O–H groups in total. The van der Waals surface area contributed by atoms with Crippen molar-refractivity contribution in [2.24, 2.45) is 5.92 Å². The lowest BCUT2D eigenvalue weighted by molar-refractivity contribution is -0.153. The van der Waals surface area contributed by atoms with Crippen LogP contribution < -0.4 is 16.0 Å². The molecular formula is C27H40N4O5. The van der Waals surface area contributed by atoms with Crippen LogP contribution in [-0.4, -0.2) is 72.5 Å². The lowest BCUT2D eigenvalue weighted by atomic mass is 10.00. The van der Waals surface area contributed by atoms with Gasteiger partial charge in [0.2, 0.25) is 17.7 Å². The average molecular weight is 501 g/mol. The molecular weight excluding hydrogens is 460 g/mol. The van der Waals surface area contributed by atoms with Crippen LogP contribution in [0.4, 0.5) is 0 Å². The van der Waals surface area contributed by atoms with Gasteiger partial charge in [0.25, 0.3) is 0 Å². The fourth-order valence-electron chi connectivity index (χ4n) is 4.92. The van der Waals surface area contributed by atoms with Crippen molar-refractivity contribution in [3.05, 3.63) is 35.9 Å². The highest BCUT2D eigenvalue weighted by molar-refractivity contribution is 5.94. The van der Waals surface area contributed by atoms with Gasteiger partial charge in [-0.1, -0.05) is 44.2 Å². The zero-order valence-electron chi connectivity index (χ0n) is 21.6. The van der Waals surface area contributed by atoms with E-state index in [4.69, 9.17) is 4.74 Å². The van der Waals surface area contributed by atoms with Crippen LogP contribution in [0.25, 0.3) is 0 Å². The van der Waals surface area contributed by atoms with E-state index < -0.39 is 30.0 Å². The first-order chi connectivity index (χ1) is 17.3. The summed E-state index contributed by atoms with van der Waals surface area (Å²) >= 11 is 0. The van der Waals surface area contributed by atoms with Crippen molar-refractivity contribution in [1.29, 1.82) is 0 Å². The predicted molar refractivity (Wildman–Crippen MR) is 136 cm³/mol. The number of carbonyl (C=O) groups is 4. The molecule has 198 valence electrons. The van der Waals surface area contributed by atoms with E-state index in [9.17, 15) is 19.2 Å². The zero-order chi connectivity index (χ0) is 26.1. The summed E-state index contributed by atoms with van der Waals surface area (Å²) in [5, 5.41) is 8.98. The number of carbonyl (C=O) groups excluding carboxylic acids is 4. The average Bonchev–Trinajstić information content (AvgIpc) is 3.56. The molecule has 0 radical (unpaired) electrons. The molecule has 9 nitrogen and oxygen atoms in total.